The van der Waals surface area contributed by atoms with Gasteiger partial charge in [-0.25, -0.2) is 0 Å². The monoisotopic (exact) mass is 254 g/mol. The zero-order chi connectivity index (χ0) is 13.8. The molecule has 0 fully saturated rings. The fourth-order valence-corrected chi connectivity index (χ4v) is 2.16. The van der Waals surface area contributed by atoms with E-state index in [0.717, 1.165) is 24.3 Å². The molecule has 0 unspecified atom stereocenters. The molecule has 0 heterocycles. The highest BCUT2D eigenvalue weighted by molar-refractivity contribution is 5.48. The van der Waals surface area contributed by atoms with Crippen LogP contribution in [0.4, 0.5) is 5.69 Å². The van der Waals surface area contributed by atoms with Crippen molar-refractivity contribution in [2.45, 2.75) is 26.9 Å². The van der Waals surface area contributed by atoms with Crippen LogP contribution in [0, 0.1) is 13.8 Å². The first-order valence-electron chi connectivity index (χ1n) is 6.63. The molecule has 0 radical (unpaired) electrons. The molecule has 0 saturated carbocycles. The van der Waals surface area contributed by atoms with Crippen LogP contribution in [0.5, 0.6) is 0 Å². The molecule has 19 heavy (non-hydrogen) atoms. The number of hydrogen-bond acceptors (Lipinski definition) is 2. The number of nitrogen functional groups attached to an aromatic ring is 1. The van der Waals surface area contributed by atoms with Crippen molar-refractivity contribution in [3.63, 3.8) is 0 Å². The van der Waals surface area contributed by atoms with Crippen LogP contribution < -0.4 is 5.73 Å². The van der Waals surface area contributed by atoms with Crippen molar-refractivity contribution >= 4 is 5.69 Å². The quantitative estimate of drug-likeness (QED) is 0.846. The van der Waals surface area contributed by atoms with E-state index in [1.807, 2.05) is 6.92 Å². The van der Waals surface area contributed by atoms with Crippen LogP contribution in [0.15, 0.2) is 42.5 Å². The lowest BCUT2D eigenvalue weighted by Gasteiger charge is -2.17. The molecule has 0 spiro atoms. The highest BCUT2D eigenvalue weighted by atomic mass is 15.1. The summed E-state index contributed by atoms with van der Waals surface area (Å²) in [7, 11) is 2.13. The average Bonchev–Trinajstić information content (AvgIpc) is 2.37. The summed E-state index contributed by atoms with van der Waals surface area (Å²) in [6.45, 7) is 6.02. The third-order valence-corrected chi connectivity index (χ3v) is 3.37. The van der Waals surface area contributed by atoms with Crippen LogP contribution in [0.25, 0.3) is 0 Å². The van der Waals surface area contributed by atoms with E-state index in [9.17, 15) is 0 Å². The van der Waals surface area contributed by atoms with Gasteiger partial charge in [0.05, 0.1) is 0 Å². The maximum absolute atomic E-state index is 5.95. The Morgan fingerprint density at radius 3 is 2.11 bits per heavy atom. The minimum Gasteiger partial charge on any atom is -0.399 e. The molecule has 2 nitrogen and oxygen atoms in total. The summed E-state index contributed by atoms with van der Waals surface area (Å²) in [5.74, 6) is 0. The maximum Gasteiger partial charge on any atom is 0.0346 e. The topological polar surface area (TPSA) is 29.3 Å². The Kier molecular flexibility index (Phi) is 4.23. The van der Waals surface area contributed by atoms with Crippen molar-refractivity contribution in [3.05, 3.63) is 64.7 Å². The second kappa shape index (κ2) is 5.89. The molecule has 0 aliphatic heterocycles. The number of nitrogens with zero attached hydrogens (tertiary/aromatic N) is 1. The number of hydrogen-bond donors (Lipinski definition) is 1. The van der Waals surface area contributed by atoms with E-state index < -0.39 is 0 Å². The van der Waals surface area contributed by atoms with E-state index in [2.05, 4.69) is 61.3 Å². The van der Waals surface area contributed by atoms with Crippen LogP contribution in [0.2, 0.25) is 0 Å². The fraction of sp³-hybridized carbons (Fsp3) is 0.294. The summed E-state index contributed by atoms with van der Waals surface area (Å²) in [4.78, 5) is 2.30. The van der Waals surface area contributed by atoms with E-state index in [-0.39, 0.29) is 0 Å². The average molecular weight is 254 g/mol. The standard InChI is InChI=1S/C17H22N2/c1-13-4-7-15(8-5-13)11-19(3)12-16-9-6-14(2)17(18)10-16/h4-10H,11-12,18H2,1-3H3. The first-order chi connectivity index (χ1) is 9.04. The molecule has 0 bridgehead atoms. The summed E-state index contributed by atoms with van der Waals surface area (Å²) < 4.78 is 0. The van der Waals surface area contributed by atoms with Gasteiger partial charge < -0.3 is 5.73 Å². The Labute approximate surface area is 115 Å². The van der Waals surface area contributed by atoms with Gasteiger partial charge in [0.15, 0.2) is 0 Å². The van der Waals surface area contributed by atoms with Gasteiger partial charge >= 0.3 is 0 Å². The third kappa shape index (κ3) is 3.83. The molecule has 0 aromatic heterocycles. The molecule has 0 aliphatic rings. The third-order valence-electron chi connectivity index (χ3n) is 3.37. The zero-order valence-electron chi connectivity index (χ0n) is 12.0. The van der Waals surface area contributed by atoms with Crippen LogP contribution in [-0.2, 0) is 13.1 Å². The Bertz CT molecular complexity index is 544. The molecule has 2 heteroatoms. The first-order valence-corrected chi connectivity index (χ1v) is 6.63. The minimum absolute atomic E-state index is 0.876. The first kappa shape index (κ1) is 13.6. The lowest BCUT2D eigenvalue weighted by atomic mass is 10.1. The number of anilines is 1. The van der Waals surface area contributed by atoms with Crippen molar-refractivity contribution in [1.29, 1.82) is 0 Å². The number of benzene rings is 2. The summed E-state index contributed by atoms with van der Waals surface area (Å²) in [6, 6.07) is 15.0. The van der Waals surface area contributed by atoms with Gasteiger partial charge in [0.25, 0.3) is 0 Å². The minimum atomic E-state index is 0.876. The van der Waals surface area contributed by atoms with Gasteiger partial charge in [-0.15, -0.1) is 0 Å². The molecule has 100 valence electrons. The second-order valence-electron chi connectivity index (χ2n) is 5.35. The predicted octanol–water partition coefficient (Wildman–Crippen LogP) is 3.52. The van der Waals surface area contributed by atoms with E-state index in [4.69, 9.17) is 5.73 Å². The largest absolute Gasteiger partial charge is 0.399 e. The van der Waals surface area contributed by atoms with E-state index >= 15 is 0 Å². The summed E-state index contributed by atoms with van der Waals surface area (Å²) in [6.07, 6.45) is 0. The van der Waals surface area contributed by atoms with Crippen molar-refractivity contribution in [2.24, 2.45) is 0 Å². The van der Waals surface area contributed by atoms with E-state index in [1.165, 1.54) is 16.7 Å². The van der Waals surface area contributed by atoms with Gasteiger partial charge in [0, 0.05) is 18.8 Å². The lowest BCUT2D eigenvalue weighted by molar-refractivity contribution is 0.319. The molecule has 2 N–H and O–H groups in total. The van der Waals surface area contributed by atoms with Gasteiger partial charge in [-0.1, -0.05) is 42.0 Å². The van der Waals surface area contributed by atoms with Gasteiger partial charge in [0.2, 0.25) is 0 Å². The van der Waals surface area contributed by atoms with E-state index in [0.29, 0.717) is 0 Å². The molecular weight excluding hydrogens is 232 g/mol. The molecule has 2 aromatic carbocycles. The highest BCUT2D eigenvalue weighted by Crippen LogP contribution is 2.15. The Morgan fingerprint density at radius 2 is 1.47 bits per heavy atom. The normalized spacial score (nSPS) is 10.9. The molecule has 2 aromatic rings. The maximum atomic E-state index is 5.95. The van der Waals surface area contributed by atoms with Crippen LogP contribution in [0.1, 0.15) is 22.3 Å². The Balaban J connectivity index is 1.98. The lowest BCUT2D eigenvalue weighted by Crippen LogP contribution is -2.17. The van der Waals surface area contributed by atoms with Crippen molar-refractivity contribution in [2.75, 3.05) is 12.8 Å². The van der Waals surface area contributed by atoms with Crippen LogP contribution in [-0.4, -0.2) is 11.9 Å². The van der Waals surface area contributed by atoms with Gasteiger partial charge in [0.1, 0.15) is 0 Å². The van der Waals surface area contributed by atoms with Gasteiger partial charge in [-0.05, 0) is 43.7 Å². The van der Waals surface area contributed by atoms with Gasteiger partial charge in [-0.2, -0.15) is 0 Å². The number of rotatable bonds is 4. The molecular formula is C17H22N2. The Hall–Kier alpha value is -1.80. The van der Waals surface area contributed by atoms with Gasteiger partial charge in [-0.3, -0.25) is 4.90 Å². The van der Waals surface area contributed by atoms with E-state index in [1.54, 1.807) is 0 Å². The molecule has 0 saturated heterocycles. The highest BCUT2D eigenvalue weighted by Gasteiger charge is 2.03. The summed E-state index contributed by atoms with van der Waals surface area (Å²) >= 11 is 0. The predicted molar refractivity (Wildman–Crippen MR) is 81.9 cm³/mol. The molecule has 0 aliphatic carbocycles. The van der Waals surface area contributed by atoms with Crippen LogP contribution >= 0.6 is 0 Å². The molecule has 0 atom stereocenters. The smallest absolute Gasteiger partial charge is 0.0346 e. The van der Waals surface area contributed by atoms with Crippen LogP contribution in [0.3, 0.4) is 0 Å². The SMILES string of the molecule is Cc1ccc(CN(C)Cc2ccc(C)c(N)c2)cc1. The fourth-order valence-electron chi connectivity index (χ4n) is 2.16. The van der Waals surface area contributed by atoms with Crippen molar-refractivity contribution in [3.8, 4) is 0 Å². The Morgan fingerprint density at radius 1 is 0.895 bits per heavy atom. The zero-order valence-corrected chi connectivity index (χ0v) is 12.0. The summed E-state index contributed by atoms with van der Waals surface area (Å²) in [5, 5.41) is 0. The molecule has 2 rings (SSSR count). The molecule has 0 amide bonds. The number of nitrogens with two attached hydrogens (primary N) is 1. The second-order valence-corrected chi connectivity index (χ2v) is 5.35. The van der Waals surface area contributed by atoms with Crippen molar-refractivity contribution in [1.82, 2.24) is 4.90 Å². The van der Waals surface area contributed by atoms with Crippen molar-refractivity contribution < 1.29 is 0 Å². The summed E-state index contributed by atoms with van der Waals surface area (Å²) in [5.41, 5.74) is 11.9. The number of aryl methyl sites for hydroxylation is 2.